The second kappa shape index (κ2) is 11.5. The zero-order valence-corrected chi connectivity index (χ0v) is 19.7. The summed E-state index contributed by atoms with van der Waals surface area (Å²) in [5.41, 5.74) is 3.64. The minimum Gasteiger partial charge on any atom is -0.493 e. The Morgan fingerprint density at radius 3 is 2.41 bits per heavy atom. The van der Waals surface area contributed by atoms with E-state index < -0.39 is 0 Å². The Kier molecular flexibility index (Phi) is 8.48. The first-order chi connectivity index (χ1) is 15.6. The van der Waals surface area contributed by atoms with Gasteiger partial charge in [-0.3, -0.25) is 0 Å². The van der Waals surface area contributed by atoms with Crippen LogP contribution < -0.4 is 9.47 Å². The highest BCUT2D eigenvalue weighted by Gasteiger charge is 2.25. The Balaban J connectivity index is 1.81. The Hall–Kier alpha value is -3.08. The lowest BCUT2D eigenvalue weighted by molar-refractivity contribution is 0.350. The highest BCUT2D eigenvalue weighted by molar-refractivity contribution is 5.50. The van der Waals surface area contributed by atoms with Crippen molar-refractivity contribution in [1.82, 2.24) is 15.2 Å². The van der Waals surface area contributed by atoms with E-state index in [1.807, 2.05) is 19.1 Å². The third-order valence-electron chi connectivity index (χ3n) is 6.00. The molecule has 3 aromatic rings. The van der Waals surface area contributed by atoms with Crippen LogP contribution in [0.15, 0.2) is 60.7 Å². The molecule has 0 saturated carbocycles. The van der Waals surface area contributed by atoms with Crippen LogP contribution in [0.2, 0.25) is 0 Å². The lowest BCUT2D eigenvalue weighted by Crippen LogP contribution is -2.08. The molecule has 0 amide bonds. The van der Waals surface area contributed by atoms with Crippen LogP contribution in [0.3, 0.4) is 0 Å². The van der Waals surface area contributed by atoms with Crippen molar-refractivity contribution in [1.29, 1.82) is 0 Å². The Morgan fingerprint density at radius 2 is 1.78 bits per heavy atom. The molecule has 5 heteroatoms. The standard InChI is InChI=1S/C27H35N3O2/c1-6-11-21(22-12-8-7-9-13-22)17-16-19(2)18-24(27-28-20(3)29-30-27)23-14-10-15-25(31-4)26(23)32-5/h7-10,12-15,21,24H,2,6,11,16-18H2,1,3-5H3,(H,28,29,30). The summed E-state index contributed by atoms with van der Waals surface area (Å²) in [4.78, 5) is 3.32. The quantitative estimate of drug-likeness (QED) is 0.328. The lowest BCUT2D eigenvalue weighted by atomic mass is 9.85. The van der Waals surface area contributed by atoms with Crippen molar-refractivity contribution >= 4 is 0 Å². The minimum atomic E-state index is -0.0323. The van der Waals surface area contributed by atoms with Gasteiger partial charge in [0, 0.05) is 5.56 Å². The average Bonchev–Trinajstić information content (AvgIpc) is 3.26. The van der Waals surface area contributed by atoms with Crippen LogP contribution in [-0.2, 0) is 0 Å². The molecule has 0 spiro atoms. The number of hydrogen-bond donors (Lipinski definition) is 1. The van der Waals surface area contributed by atoms with Crippen LogP contribution in [0.5, 0.6) is 11.5 Å². The molecule has 2 aromatic carbocycles. The number of nitrogens with one attached hydrogen (secondary N) is 1. The molecule has 0 aliphatic heterocycles. The zero-order chi connectivity index (χ0) is 22.9. The topological polar surface area (TPSA) is 60.0 Å². The van der Waals surface area contributed by atoms with Gasteiger partial charge in [0.15, 0.2) is 11.5 Å². The Bertz CT molecular complexity index is 997. The van der Waals surface area contributed by atoms with Crippen LogP contribution >= 0.6 is 0 Å². The SMILES string of the molecule is C=C(CCC(CCC)c1ccccc1)CC(c1nnc(C)[nH]1)c1cccc(OC)c1OC. The fraction of sp³-hybridized carbons (Fsp3) is 0.407. The van der Waals surface area contributed by atoms with Crippen molar-refractivity contribution in [2.75, 3.05) is 14.2 Å². The van der Waals surface area contributed by atoms with E-state index in [-0.39, 0.29) is 5.92 Å². The number of aromatic nitrogens is 3. The molecule has 1 N–H and O–H groups in total. The molecule has 0 aliphatic rings. The van der Waals surface area contributed by atoms with Gasteiger partial charge in [-0.2, -0.15) is 0 Å². The molecule has 3 rings (SSSR count). The monoisotopic (exact) mass is 433 g/mol. The van der Waals surface area contributed by atoms with Gasteiger partial charge in [0.1, 0.15) is 11.6 Å². The van der Waals surface area contributed by atoms with Crippen LogP contribution in [0.25, 0.3) is 0 Å². The molecule has 0 saturated heterocycles. The number of para-hydroxylation sites is 1. The van der Waals surface area contributed by atoms with Crippen LogP contribution in [0, 0.1) is 6.92 Å². The normalized spacial score (nSPS) is 12.9. The molecule has 0 bridgehead atoms. The van der Waals surface area contributed by atoms with Gasteiger partial charge in [0.2, 0.25) is 0 Å². The lowest BCUT2D eigenvalue weighted by Gasteiger charge is -2.22. The summed E-state index contributed by atoms with van der Waals surface area (Å²) in [5, 5.41) is 8.61. The highest BCUT2D eigenvalue weighted by atomic mass is 16.5. The van der Waals surface area contributed by atoms with Crippen LogP contribution in [0.1, 0.15) is 73.6 Å². The molecular formula is C27H35N3O2. The molecule has 2 atom stereocenters. The van der Waals surface area contributed by atoms with Crippen molar-refractivity contribution in [2.45, 2.75) is 57.8 Å². The van der Waals surface area contributed by atoms with Gasteiger partial charge in [-0.1, -0.05) is 68.0 Å². The fourth-order valence-electron chi connectivity index (χ4n) is 4.38. The Labute approximate surface area is 191 Å². The van der Waals surface area contributed by atoms with Gasteiger partial charge < -0.3 is 14.5 Å². The van der Waals surface area contributed by atoms with E-state index in [0.717, 1.165) is 42.2 Å². The summed E-state index contributed by atoms with van der Waals surface area (Å²) >= 11 is 0. The van der Waals surface area contributed by atoms with Crippen LogP contribution in [-0.4, -0.2) is 29.4 Å². The summed E-state index contributed by atoms with van der Waals surface area (Å²) in [5.74, 6) is 3.58. The van der Waals surface area contributed by atoms with E-state index in [9.17, 15) is 0 Å². The predicted molar refractivity (Wildman–Crippen MR) is 130 cm³/mol. The minimum absolute atomic E-state index is 0.0323. The van der Waals surface area contributed by atoms with E-state index in [1.165, 1.54) is 24.0 Å². The number of rotatable bonds is 12. The van der Waals surface area contributed by atoms with E-state index in [4.69, 9.17) is 9.47 Å². The van der Waals surface area contributed by atoms with Gasteiger partial charge in [-0.25, -0.2) is 0 Å². The first kappa shape index (κ1) is 23.6. The smallest absolute Gasteiger partial charge is 0.164 e. The van der Waals surface area contributed by atoms with Gasteiger partial charge in [-0.15, -0.1) is 10.2 Å². The van der Waals surface area contributed by atoms with E-state index in [2.05, 4.69) is 65.1 Å². The molecule has 170 valence electrons. The van der Waals surface area contributed by atoms with E-state index in [0.29, 0.717) is 11.7 Å². The van der Waals surface area contributed by atoms with E-state index >= 15 is 0 Å². The van der Waals surface area contributed by atoms with Crippen LogP contribution in [0.4, 0.5) is 0 Å². The number of methoxy groups -OCH3 is 2. The van der Waals surface area contributed by atoms with Gasteiger partial charge in [0.05, 0.1) is 20.1 Å². The number of benzene rings is 2. The highest BCUT2D eigenvalue weighted by Crippen LogP contribution is 2.41. The summed E-state index contributed by atoms with van der Waals surface area (Å²) in [7, 11) is 3.33. The summed E-state index contributed by atoms with van der Waals surface area (Å²) < 4.78 is 11.3. The largest absolute Gasteiger partial charge is 0.493 e. The summed E-state index contributed by atoms with van der Waals surface area (Å²) in [6, 6.07) is 16.8. The molecule has 0 radical (unpaired) electrons. The molecular weight excluding hydrogens is 398 g/mol. The van der Waals surface area contributed by atoms with Crippen molar-refractivity contribution in [3.8, 4) is 11.5 Å². The third-order valence-corrected chi connectivity index (χ3v) is 6.00. The van der Waals surface area contributed by atoms with Crippen molar-refractivity contribution in [2.24, 2.45) is 0 Å². The van der Waals surface area contributed by atoms with Gasteiger partial charge >= 0.3 is 0 Å². The molecule has 32 heavy (non-hydrogen) atoms. The summed E-state index contributed by atoms with van der Waals surface area (Å²) in [6.45, 7) is 8.61. The number of allylic oxidation sites excluding steroid dienone is 1. The second-order valence-electron chi connectivity index (χ2n) is 8.32. The second-order valence-corrected chi connectivity index (χ2v) is 8.32. The predicted octanol–water partition coefficient (Wildman–Crippen LogP) is 6.57. The van der Waals surface area contributed by atoms with Gasteiger partial charge in [0.25, 0.3) is 0 Å². The first-order valence-corrected chi connectivity index (χ1v) is 11.4. The number of hydrogen-bond acceptors (Lipinski definition) is 4. The van der Waals surface area contributed by atoms with Gasteiger partial charge in [-0.05, 0) is 50.2 Å². The number of aromatic amines is 1. The number of nitrogens with zero attached hydrogens (tertiary/aromatic N) is 2. The molecule has 0 aliphatic carbocycles. The van der Waals surface area contributed by atoms with E-state index in [1.54, 1.807) is 14.2 Å². The molecule has 0 fully saturated rings. The molecule has 1 heterocycles. The van der Waals surface area contributed by atoms with Crippen molar-refractivity contribution in [3.05, 3.63) is 83.5 Å². The zero-order valence-electron chi connectivity index (χ0n) is 19.7. The molecule has 5 nitrogen and oxygen atoms in total. The summed E-state index contributed by atoms with van der Waals surface area (Å²) in [6.07, 6.45) is 5.19. The van der Waals surface area contributed by atoms with Crippen molar-refractivity contribution < 1.29 is 9.47 Å². The maximum absolute atomic E-state index is 5.73. The van der Waals surface area contributed by atoms with Crippen molar-refractivity contribution in [3.63, 3.8) is 0 Å². The number of H-pyrrole nitrogens is 1. The maximum Gasteiger partial charge on any atom is 0.164 e. The maximum atomic E-state index is 5.73. The molecule has 1 aromatic heterocycles. The average molecular weight is 434 g/mol. The number of aryl methyl sites for hydroxylation is 1. The Morgan fingerprint density at radius 1 is 1.00 bits per heavy atom. The third kappa shape index (κ3) is 5.78. The number of ether oxygens (including phenoxy) is 2. The molecule has 2 unspecified atom stereocenters. The fourth-order valence-corrected chi connectivity index (χ4v) is 4.38. The first-order valence-electron chi connectivity index (χ1n) is 11.4.